The number of rotatable bonds is 9. The van der Waals surface area contributed by atoms with Crippen molar-refractivity contribution in [2.45, 2.75) is 32.7 Å². The summed E-state index contributed by atoms with van der Waals surface area (Å²) in [7, 11) is 4.53. The van der Waals surface area contributed by atoms with Crippen LogP contribution in [0.2, 0.25) is 0 Å². The molecule has 19 heavy (non-hydrogen) atoms. The molecule has 0 aliphatic heterocycles. The van der Waals surface area contributed by atoms with Crippen molar-refractivity contribution in [1.82, 2.24) is 0 Å². The molecule has 0 saturated carbocycles. The molecule has 110 valence electrons. The number of ether oxygens (including phenoxy) is 1. The number of quaternary nitrogens is 1. The summed E-state index contributed by atoms with van der Waals surface area (Å²) in [5.41, 5.74) is 1.40. The number of halogens is 1. The van der Waals surface area contributed by atoms with Crippen molar-refractivity contribution >= 4 is 0 Å². The molecule has 0 radical (unpaired) electrons. The fourth-order valence-corrected chi connectivity index (χ4v) is 2.02. The number of likely N-dealkylation sites (N-methyl/N-ethyl adjacent to an activating group) is 1. The van der Waals surface area contributed by atoms with Crippen molar-refractivity contribution in [1.29, 1.82) is 0 Å². The van der Waals surface area contributed by atoms with Gasteiger partial charge in [-0.15, -0.1) is 0 Å². The smallest absolute Gasteiger partial charge is 0.104 e. The fraction of sp³-hybridized carbons (Fsp3) is 0.625. The van der Waals surface area contributed by atoms with E-state index in [4.69, 9.17) is 4.74 Å². The monoisotopic (exact) mass is 285 g/mol. The van der Waals surface area contributed by atoms with Crippen LogP contribution >= 0.6 is 0 Å². The zero-order chi connectivity index (χ0) is 13.3. The van der Waals surface area contributed by atoms with Gasteiger partial charge in [-0.05, 0) is 6.42 Å². The highest BCUT2D eigenvalue weighted by atomic mass is 35.5. The normalized spacial score (nSPS) is 11.1. The summed E-state index contributed by atoms with van der Waals surface area (Å²) in [5, 5.41) is 0. The number of benzene rings is 1. The molecule has 2 nitrogen and oxygen atoms in total. The summed E-state index contributed by atoms with van der Waals surface area (Å²) >= 11 is 0. The number of hydrogen-bond acceptors (Lipinski definition) is 1. The van der Waals surface area contributed by atoms with E-state index < -0.39 is 0 Å². The van der Waals surface area contributed by atoms with E-state index in [0.717, 1.165) is 30.8 Å². The largest absolute Gasteiger partial charge is 1.00 e. The van der Waals surface area contributed by atoms with Crippen molar-refractivity contribution in [3.05, 3.63) is 35.9 Å². The molecular formula is C16H28ClNO. The number of hydrogen-bond donors (Lipinski definition) is 0. The molecule has 0 unspecified atom stereocenters. The van der Waals surface area contributed by atoms with Gasteiger partial charge in [0.1, 0.15) is 13.1 Å². The Morgan fingerprint density at radius 2 is 1.68 bits per heavy atom. The van der Waals surface area contributed by atoms with E-state index in [2.05, 4.69) is 51.4 Å². The number of nitrogens with zero attached hydrogens (tertiary/aromatic N) is 1. The second-order valence-electron chi connectivity index (χ2n) is 5.62. The van der Waals surface area contributed by atoms with Gasteiger partial charge in [0.25, 0.3) is 0 Å². The van der Waals surface area contributed by atoms with Crippen molar-refractivity contribution in [2.75, 3.05) is 33.9 Å². The lowest BCUT2D eigenvalue weighted by atomic mass is 10.2. The van der Waals surface area contributed by atoms with Crippen LogP contribution in [0.5, 0.6) is 0 Å². The molecule has 0 saturated heterocycles. The van der Waals surface area contributed by atoms with Gasteiger partial charge in [-0.25, -0.2) is 0 Å². The van der Waals surface area contributed by atoms with Crippen LogP contribution in [0.4, 0.5) is 0 Å². The Morgan fingerprint density at radius 1 is 1.00 bits per heavy atom. The molecule has 0 heterocycles. The summed E-state index contributed by atoms with van der Waals surface area (Å²) in [5.74, 6) is 0. The van der Waals surface area contributed by atoms with Crippen LogP contribution < -0.4 is 12.4 Å². The lowest BCUT2D eigenvalue weighted by Crippen LogP contribution is -3.00. The third kappa shape index (κ3) is 9.04. The predicted octanol–water partition coefficient (Wildman–Crippen LogP) is 0.474. The molecule has 1 aromatic rings. The third-order valence-corrected chi connectivity index (χ3v) is 3.19. The standard InChI is InChI=1S/C16H28NO.ClH/c1-4-5-9-13-18-14-12-17(2,3)15-16-10-7-6-8-11-16;/h6-8,10-11H,4-5,9,12-15H2,1-3H3;1H/q+1;/p-1. The van der Waals surface area contributed by atoms with Crippen LogP contribution in [0, 0.1) is 0 Å². The van der Waals surface area contributed by atoms with E-state index >= 15 is 0 Å². The van der Waals surface area contributed by atoms with E-state index in [1.54, 1.807) is 0 Å². The highest BCUT2D eigenvalue weighted by Crippen LogP contribution is 2.08. The van der Waals surface area contributed by atoms with Crippen LogP contribution in [0.1, 0.15) is 31.7 Å². The van der Waals surface area contributed by atoms with Gasteiger partial charge in [0.15, 0.2) is 0 Å². The summed E-state index contributed by atoms with van der Waals surface area (Å²) < 4.78 is 6.68. The molecule has 1 aromatic carbocycles. The number of unbranched alkanes of at least 4 members (excludes halogenated alkanes) is 2. The molecule has 0 N–H and O–H groups in total. The summed E-state index contributed by atoms with van der Waals surface area (Å²) in [6.07, 6.45) is 3.74. The van der Waals surface area contributed by atoms with Crippen LogP contribution in [0.25, 0.3) is 0 Å². The average molecular weight is 286 g/mol. The topological polar surface area (TPSA) is 9.23 Å². The fourth-order valence-electron chi connectivity index (χ4n) is 2.02. The molecule has 0 aromatic heterocycles. The Morgan fingerprint density at radius 3 is 2.32 bits per heavy atom. The van der Waals surface area contributed by atoms with Crippen molar-refractivity contribution in [3.8, 4) is 0 Å². The first-order valence-corrected chi connectivity index (χ1v) is 7.08. The van der Waals surface area contributed by atoms with Crippen LogP contribution in [0.15, 0.2) is 30.3 Å². The SMILES string of the molecule is CCCCCOCC[N+](C)(C)Cc1ccccc1.[Cl-]. The molecule has 0 atom stereocenters. The minimum absolute atomic E-state index is 0. The lowest BCUT2D eigenvalue weighted by molar-refractivity contribution is -0.904. The van der Waals surface area contributed by atoms with E-state index in [1.165, 1.54) is 24.8 Å². The van der Waals surface area contributed by atoms with Crippen molar-refractivity contribution < 1.29 is 21.6 Å². The quantitative estimate of drug-likeness (QED) is 0.474. The Bertz CT molecular complexity index is 314. The first kappa shape index (κ1) is 18.4. The van der Waals surface area contributed by atoms with Gasteiger partial charge in [-0.2, -0.15) is 0 Å². The maximum absolute atomic E-state index is 5.69. The molecule has 0 bridgehead atoms. The second-order valence-corrected chi connectivity index (χ2v) is 5.62. The maximum Gasteiger partial charge on any atom is 0.104 e. The van der Waals surface area contributed by atoms with Gasteiger partial charge in [-0.1, -0.05) is 50.1 Å². The highest BCUT2D eigenvalue weighted by molar-refractivity contribution is 5.13. The molecule has 0 aliphatic carbocycles. The first-order valence-electron chi connectivity index (χ1n) is 7.08. The molecule has 0 amide bonds. The van der Waals surface area contributed by atoms with Gasteiger partial charge in [-0.3, -0.25) is 0 Å². The Labute approximate surface area is 124 Å². The summed E-state index contributed by atoms with van der Waals surface area (Å²) in [6.45, 7) is 6.14. The maximum atomic E-state index is 5.69. The Hall–Kier alpha value is -0.570. The minimum atomic E-state index is 0. The lowest BCUT2D eigenvalue weighted by Gasteiger charge is -2.29. The van der Waals surface area contributed by atoms with E-state index in [0.29, 0.717) is 0 Å². The summed E-state index contributed by atoms with van der Waals surface area (Å²) in [4.78, 5) is 0. The zero-order valence-electron chi connectivity index (χ0n) is 12.6. The van der Waals surface area contributed by atoms with Gasteiger partial charge < -0.3 is 21.6 Å². The highest BCUT2D eigenvalue weighted by Gasteiger charge is 2.15. The first-order chi connectivity index (χ1) is 8.64. The van der Waals surface area contributed by atoms with Gasteiger partial charge in [0.2, 0.25) is 0 Å². The Balaban J connectivity index is 0.00000324. The third-order valence-electron chi connectivity index (χ3n) is 3.19. The van der Waals surface area contributed by atoms with Crippen LogP contribution in [0.3, 0.4) is 0 Å². The molecule has 1 rings (SSSR count). The van der Waals surface area contributed by atoms with Gasteiger partial charge >= 0.3 is 0 Å². The molecule has 0 fully saturated rings. The van der Waals surface area contributed by atoms with Crippen LogP contribution in [-0.2, 0) is 11.3 Å². The Kier molecular flexibility index (Phi) is 9.94. The zero-order valence-corrected chi connectivity index (χ0v) is 13.3. The molecule has 0 aliphatic rings. The summed E-state index contributed by atoms with van der Waals surface area (Å²) in [6, 6.07) is 10.7. The minimum Gasteiger partial charge on any atom is -1.00 e. The van der Waals surface area contributed by atoms with E-state index in [-0.39, 0.29) is 12.4 Å². The van der Waals surface area contributed by atoms with E-state index in [9.17, 15) is 0 Å². The molecule has 3 heteroatoms. The van der Waals surface area contributed by atoms with Gasteiger partial charge in [0.05, 0.1) is 20.7 Å². The molecular weight excluding hydrogens is 258 g/mol. The van der Waals surface area contributed by atoms with Gasteiger partial charge in [0, 0.05) is 12.2 Å². The van der Waals surface area contributed by atoms with Crippen molar-refractivity contribution in [3.63, 3.8) is 0 Å². The second kappa shape index (κ2) is 10.2. The molecule has 0 spiro atoms. The van der Waals surface area contributed by atoms with E-state index in [1.807, 2.05) is 0 Å². The predicted molar refractivity (Wildman–Crippen MR) is 77.5 cm³/mol. The van der Waals surface area contributed by atoms with Crippen LogP contribution in [-0.4, -0.2) is 38.3 Å². The van der Waals surface area contributed by atoms with Crippen molar-refractivity contribution in [2.24, 2.45) is 0 Å². The average Bonchev–Trinajstić information content (AvgIpc) is 2.34.